The smallest absolute Gasteiger partial charge is 0.0930 e. The summed E-state index contributed by atoms with van der Waals surface area (Å²) in [7, 11) is 0. The first-order valence-electron chi connectivity index (χ1n) is 7.23. The van der Waals surface area contributed by atoms with E-state index in [1.54, 1.807) is 24.7 Å². The minimum atomic E-state index is -0.822. The van der Waals surface area contributed by atoms with Crippen LogP contribution in [-0.2, 0) is 12.1 Å². The molecule has 1 saturated carbocycles. The van der Waals surface area contributed by atoms with Crippen LogP contribution in [0.15, 0.2) is 12.4 Å². The molecule has 0 spiro atoms. The number of hydrogen-bond acceptors (Lipinski definition) is 5. The van der Waals surface area contributed by atoms with Gasteiger partial charge < -0.3 is 10.2 Å². The largest absolute Gasteiger partial charge is 0.389 e. The van der Waals surface area contributed by atoms with E-state index in [1.165, 1.54) is 0 Å². The molecule has 2 rings (SSSR count). The highest BCUT2D eigenvalue weighted by atomic mass is 16.3. The lowest BCUT2D eigenvalue weighted by Gasteiger charge is -2.36. The van der Waals surface area contributed by atoms with E-state index in [2.05, 4.69) is 10.5 Å². The second kappa shape index (κ2) is 5.81. The second-order valence-electron chi connectivity index (χ2n) is 6.64. The van der Waals surface area contributed by atoms with Crippen molar-refractivity contribution in [2.45, 2.75) is 57.3 Å². The highest BCUT2D eigenvalue weighted by Crippen LogP contribution is 2.39. The molecule has 0 bridgehead atoms. The number of aromatic nitrogens is 2. The zero-order chi connectivity index (χ0) is 14.8. The maximum Gasteiger partial charge on any atom is 0.0930 e. The van der Waals surface area contributed by atoms with E-state index < -0.39 is 11.2 Å². The Morgan fingerprint density at radius 1 is 1.60 bits per heavy atom. The number of hydrogen-bond donors (Lipinski definition) is 4. The molecule has 5 N–H and O–H groups in total. The van der Waals surface area contributed by atoms with Gasteiger partial charge in [-0.1, -0.05) is 0 Å². The molecule has 2 atom stereocenters. The van der Waals surface area contributed by atoms with Crippen molar-refractivity contribution in [3.63, 3.8) is 0 Å². The van der Waals surface area contributed by atoms with Gasteiger partial charge in [-0.15, -0.1) is 0 Å². The van der Waals surface area contributed by atoms with E-state index in [0.717, 1.165) is 31.4 Å². The topological polar surface area (TPSA) is 96.3 Å². The maximum absolute atomic E-state index is 10.9. The van der Waals surface area contributed by atoms with Crippen molar-refractivity contribution in [1.82, 2.24) is 15.2 Å². The Labute approximate surface area is 119 Å². The van der Waals surface area contributed by atoms with Crippen LogP contribution in [0, 0.1) is 5.92 Å². The summed E-state index contributed by atoms with van der Waals surface area (Å²) in [4.78, 5) is 0. The molecule has 1 aromatic heterocycles. The Bertz CT molecular complexity index is 439. The van der Waals surface area contributed by atoms with Gasteiger partial charge in [0.05, 0.1) is 23.9 Å². The summed E-state index contributed by atoms with van der Waals surface area (Å²) < 4.78 is 1.69. The highest BCUT2D eigenvalue weighted by molar-refractivity contribution is 5.16. The number of hydrazine groups is 1. The van der Waals surface area contributed by atoms with Crippen molar-refractivity contribution in [2.75, 3.05) is 6.54 Å². The highest BCUT2D eigenvalue weighted by Gasteiger charge is 2.36. The average molecular weight is 282 g/mol. The van der Waals surface area contributed by atoms with Crippen LogP contribution in [0.4, 0.5) is 0 Å². The lowest BCUT2D eigenvalue weighted by molar-refractivity contribution is -0.0210. The molecule has 0 amide bonds. The van der Waals surface area contributed by atoms with E-state index in [0.29, 0.717) is 18.9 Å². The van der Waals surface area contributed by atoms with Crippen molar-refractivity contribution >= 4 is 0 Å². The molecule has 1 fully saturated rings. The Morgan fingerprint density at radius 3 is 3.00 bits per heavy atom. The Balaban J connectivity index is 2.09. The lowest BCUT2D eigenvalue weighted by atomic mass is 9.75. The van der Waals surface area contributed by atoms with Crippen LogP contribution in [0.1, 0.15) is 45.1 Å². The minimum absolute atomic E-state index is 0.386. The Morgan fingerprint density at radius 2 is 2.35 bits per heavy atom. The standard InChI is InChI=1S/C14H26N4O2/c1-13(2,19)10-18-9-12(8-17-18)14(20)5-3-4-11(6-14)7-16-15/h8-9,11,16,19-20H,3-7,10,15H2,1-2H3. The van der Waals surface area contributed by atoms with Gasteiger partial charge in [-0.25, -0.2) is 0 Å². The fourth-order valence-corrected chi connectivity index (χ4v) is 3.05. The van der Waals surface area contributed by atoms with Gasteiger partial charge in [-0.2, -0.15) is 5.10 Å². The molecule has 0 aromatic carbocycles. The number of aliphatic hydroxyl groups is 2. The van der Waals surface area contributed by atoms with E-state index >= 15 is 0 Å². The van der Waals surface area contributed by atoms with Crippen molar-refractivity contribution in [1.29, 1.82) is 0 Å². The summed E-state index contributed by atoms with van der Waals surface area (Å²) in [5, 5.41) is 24.9. The average Bonchev–Trinajstić information content (AvgIpc) is 2.76. The molecule has 1 aliphatic carbocycles. The first-order valence-corrected chi connectivity index (χ1v) is 7.23. The molecule has 0 radical (unpaired) electrons. The summed E-state index contributed by atoms with van der Waals surface area (Å²) >= 11 is 0. The predicted molar refractivity (Wildman–Crippen MR) is 76.6 cm³/mol. The van der Waals surface area contributed by atoms with Gasteiger partial charge in [-0.05, 0) is 45.4 Å². The molecule has 0 aliphatic heterocycles. The zero-order valence-electron chi connectivity index (χ0n) is 12.3. The van der Waals surface area contributed by atoms with Crippen molar-refractivity contribution in [3.8, 4) is 0 Å². The zero-order valence-corrected chi connectivity index (χ0v) is 12.3. The monoisotopic (exact) mass is 282 g/mol. The van der Waals surface area contributed by atoms with Gasteiger partial charge in [0.25, 0.3) is 0 Å². The SMILES string of the molecule is CC(C)(O)Cn1cc(C2(O)CCCC(CNN)C2)cn1. The van der Waals surface area contributed by atoms with Crippen molar-refractivity contribution < 1.29 is 10.2 Å². The molecule has 6 heteroatoms. The summed E-state index contributed by atoms with van der Waals surface area (Å²) in [5.41, 5.74) is 1.90. The first-order chi connectivity index (χ1) is 9.32. The second-order valence-corrected chi connectivity index (χ2v) is 6.64. The number of rotatable bonds is 5. The Kier molecular flexibility index (Phi) is 4.49. The third-order valence-corrected chi connectivity index (χ3v) is 3.96. The molecule has 1 aromatic rings. The van der Waals surface area contributed by atoms with Crippen LogP contribution < -0.4 is 11.3 Å². The summed E-state index contributed by atoms with van der Waals surface area (Å²) in [6.07, 6.45) is 7.08. The molecular weight excluding hydrogens is 256 g/mol. The maximum atomic E-state index is 10.9. The van der Waals surface area contributed by atoms with Gasteiger partial charge in [-0.3, -0.25) is 16.0 Å². The van der Waals surface area contributed by atoms with Crippen LogP contribution in [0.25, 0.3) is 0 Å². The van der Waals surface area contributed by atoms with E-state index in [9.17, 15) is 10.2 Å². The van der Waals surface area contributed by atoms with Crippen LogP contribution in [0.2, 0.25) is 0 Å². The summed E-state index contributed by atoms with van der Waals surface area (Å²) in [6.45, 7) is 4.62. The molecule has 1 aliphatic rings. The fraction of sp³-hybridized carbons (Fsp3) is 0.786. The molecular formula is C14H26N4O2. The predicted octanol–water partition coefficient (Wildman–Crippen LogP) is 0.495. The van der Waals surface area contributed by atoms with E-state index in [4.69, 9.17) is 5.84 Å². The van der Waals surface area contributed by atoms with Gasteiger partial charge in [0.15, 0.2) is 0 Å². The van der Waals surface area contributed by atoms with Crippen LogP contribution >= 0.6 is 0 Å². The molecule has 114 valence electrons. The molecule has 1 heterocycles. The van der Waals surface area contributed by atoms with Gasteiger partial charge in [0, 0.05) is 18.3 Å². The Hall–Kier alpha value is -0.950. The van der Waals surface area contributed by atoms with Crippen molar-refractivity contribution in [3.05, 3.63) is 18.0 Å². The molecule has 6 nitrogen and oxygen atoms in total. The van der Waals surface area contributed by atoms with Crippen LogP contribution in [-0.4, -0.2) is 32.1 Å². The lowest BCUT2D eigenvalue weighted by Crippen LogP contribution is -2.38. The van der Waals surface area contributed by atoms with E-state index in [-0.39, 0.29) is 0 Å². The summed E-state index contributed by atoms with van der Waals surface area (Å²) in [5.74, 6) is 5.77. The third kappa shape index (κ3) is 3.79. The fourth-order valence-electron chi connectivity index (χ4n) is 3.05. The van der Waals surface area contributed by atoms with Gasteiger partial charge in [0.2, 0.25) is 0 Å². The normalized spacial score (nSPS) is 27.8. The van der Waals surface area contributed by atoms with E-state index in [1.807, 2.05) is 6.20 Å². The van der Waals surface area contributed by atoms with Gasteiger partial charge in [0.1, 0.15) is 0 Å². The molecule has 0 saturated heterocycles. The third-order valence-electron chi connectivity index (χ3n) is 3.96. The number of nitrogens with two attached hydrogens (primary N) is 1. The number of nitrogens with zero attached hydrogens (tertiary/aromatic N) is 2. The van der Waals surface area contributed by atoms with Crippen LogP contribution in [0.5, 0.6) is 0 Å². The number of nitrogens with one attached hydrogen (secondary N) is 1. The van der Waals surface area contributed by atoms with Crippen LogP contribution in [0.3, 0.4) is 0 Å². The molecule has 20 heavy (non-hydrogen) atoms. The quantitative estimate of drug-likeness (QED) is 0.466. The molecule has 2 unspecified atom stereocenters. The van der Waals surface area contributed by atoms with Gasteiger partial charge >= 0.3 is 0 Å². The minimum Gasteiger partial charge on any atom is -0.389 e. The summed E-state index contributed by atoms with van der Waals surface area (Å²) in [6, 6.07) is 0. The first kappa shape index (κ1) is 15.4. The van der Waals surface area contributed by atoms with Crippen molar-refractivity contribution in [2.24, 2.45) is 11.8 Å².